The Morgan fingerprint density at radius 1 is 1.43 bits per heavy atom. The molecule has 1 saturated heterocycles. The second-order valence-electron chi connectivity index (χ2n) is 6.23. The van der Waals surface area contributed by atoms with Gasteiger partial charge in [-0.25, -0.2) is 9.59 Å². The van der Waals surface area contributed by atoms with Crippen molar-refractivity contribution in [3.63, 3.8) is 0 Å². The topological polar surface area (TPSA) is 96.0 Å². The van der Waals surface area contributed by atoms with E-state index in [4.69, 9.17) is 25.8 Å². The minimum atomic E-state index is -1.29. The monoisotopic (exact) mass is 342 g/mol. The van der Waals surface area contributed by atoms with E-state index in [0.29, 0.717) is 6.42 Å². The van der Waals surface area contributed by atoms with Gasteiger partial charge in [-0.05, 0) is 31.4 Å². The number of carbonyl (C=O) groups is 4. The molecule has 5 unspecified atom stereocenters. The fourth-order valence-electron chi connectivity index (χ4n) is 3.85. The molecule has 2 bridgehead atoms. The maximum Gasteiger partial charge on any atom is 0.344 e. The highest BCUT2D eigenvalue weighted by molar-refractivity contribution is 6.66. The molecule has 0 aromatic carbocycles. The summed E-state index contributed by atoms with van der Waals surface area (Å²) in [6.07, 6.45) is -0.534. The van der Waals surface area contributed by atoms with E-state index in [1.165, 1.54) is 6.92 Å². The van der Waals surface area contributed by atoms with E-state index in [0.717, 1.165) is 0 Å². The van der Waals surface area contributed by atoms with Gasteiger partial charge in [0.25, 0.3) is 0 Å². The van der Waals surface area contributed by atoms with E-state index < -0.39 is 47.4 Å². The van der Waals surface area contributed by atoms with Crippen LogP contribution in [0.2, 0.25) is 0 Å². The van der Waals surface area contributed by atoms with Gasteiger partial charge in [0.15, 0.2) is 6.61 Å². The quantitative estimate of drug-likeness (QED) is 0.239. The number of hydrogen-bond donors (Lipinski definition) is 0. The minimum absolute atomic E-state index is 0.167. The van der Waals surface area contributed by atoms with Crippen LogP contribution in [0.15, 0.2) is 12.2 Å². The summed E-state index contributed by atoms with van der Waals surface area (Å²) < 4.78 is 15.3. The van der Waals surface area contributed by atoms with Crippen LogP contribution in [0.25, 0.3) is 0 Å². The molecule has 23 heavy (non-hydrogen) atoms. The molecule has 3 rings (SSSR count). The first kappa shape index (κ1) is 16.0. The molecule has 5 atom stereocenters. The van der Waals surface area contributed by atoms with Crippen LogP contribution in [-0.4, -0.2) is 42.0 Å². The fourth-order valence-corrected chi connectivity index (χ4v) is 4.15. The minimum Gasteiger partial charge on any atom is -0.457 e. The lowest BCUT2D eigenvalue weighted by molar-refractivity contribution is -0.168. The van der Waals surface area contributed by atoms with Crippen molar-refractivity contribution < 1.29 is 33.4 Å². The summed E-state index contributed by atoms with van der Waals surface area (Å²) in [6.45, 7) is 4.32. The van der Waals surface area contributed by atoms with E-state index >= 15 is 0 Å². The van der Waals surface area contributed by atoms with Crippen LogP contribution in [0.4, 0.5) is 0 Å². The van der Waals surface area contributed by atoms with Crippen molar-refractivity contribution in [1.82, 2.24) is 0 Å². The van der Waals surface area contributed by atoms with Gasteiger partial charge in [0.05, 0.1) is 0 Å². The van der Waals surface area contributed by atoms with Crippen molar-refractivity contribution in [2.24, 2.45) is 17.3 Å². The predicted molar refractivity (Wildman–Crippen MR) is 75.0 cm³/mol. The Balaban J connectivity index is 1.64. The van der Waals surface area contributed by atoms with E-state index in [1.807, 2.05) is 0 Å². The summed E-state index contributed by atoms with van der Waals surface area (Å²) in [5, 5.41) is -0.710. The molecule has 7 nitrogen and oxygen atoms in total. The number of hydrogen-bond acceptors (Lipinski definition) is 7. The van der Waals surface area contributed by atoms with Gasteiger partial charge in [-0.2, -0.15) is 0 Å². The molecule has 0 spiro atoms. The SMILES string of the molecule is C=C(C)C(=O)OCC(=O)OC1C2CC3C1OC(=O)C3(C(=O)Cl)C2. The van der Waals surface area contributed by atoms with Gasteiger partial charge in [0.2, 0.25) is 5.24 Å². The molecule has 1 heterocycles. The standard InChI is InChI=1S/C15H15ClO7/c1-6(2)12(18)21-5-9(17)22-10-7-3-8-11(10)23-14(20)15(8,4-7)13(16)19/h7-8,10-11H,1,3-5H2,2H3. The van der Waals surface area contributed by atoms with Crippen LogP contribution in [0, 0.1) is 17.3 Å². The first-order valence-corrected chi connectivity index (χ1v) is 7.58. The molecule has 3 aliphatic rings. The van der Waals surface area contributed by atoms with Crippen LogP contribution in [0.5, 0.6) is 0 Å². The molecule has 124 valence electrons. The van der Waals surface area contributed by atoms with Gasteiger partial charge in [0, 0.05) is 17.4 Å². The molecule has 0 radical (unpaired) electrons. The number of carbonyl (C=O) groups excluding carboxylic acids is 4. The normalized spacial score (nSPS) is 36.5. The largest absolute Gasteiger partial charge is 0.457 e. The van der Waals surface area contributed by atoms with Gasteiger partial charge >= 0.3 is 17.9 Å². The van der Waals surface area contributed by atoms with Crippen LogP contribution < -0.4 is 0 Å². The van der Waals surface area contributed by atoms with E-state index in [9.17, 15) is 19.2 Å². The smallest absolute Gasteiger partial charge is 0.344 e. The van der Waals surface area contributed by atoms with E-state index in [-0.39, 0.29) is 23.8 Å². The molecule has 3 fully saturated rings. The first-order chi connectivity index (χ1) is 10.8. The Kier molecular flexibility index (Phi) is 3.71. The van der Waals surface area contributed by atoms with Gasteiger partial charge in [-0.15, -0.1) is 0 Å². The second kappa shape index (κ2) is 5.33. The highest BCUT2D eigenvalue weighted by Crippen LogP contribution is 2.63. The number of halogens is 1. The number of fused-ring (bicyclic) bond motifs is 1. The van der Waals surface area contributed by atoms with Crippen molar-refractivity contribution >= 4 is 34.8 Å². The molecule has 0 N–H and O–H groups in total. The Bertz CT molecular complexity index is 627. The van der Waals surface area contributed by atoms with Crippen molar-refractivity contribution in [2.45, 2.75) is 32.0 Å². The Morgan fingerprint density at radius 2 is 2.13 bits per heavy atom. The summed E-state index contributed by atoms with van der Waals surface area (Å²) >= 11 is 5.61. The lowest BCUT2D eigenvalue weighted by Gasteiger charge is -2.29. The van der Waals surface area contributed by atoms with Crippen molar-refractivity contribution in [3.8, 4) is 0 Å². The Hall–Kier alpha value is -1.89. The average Bonchev–Trinajstić information content (AvgIpc) is 3.06. The summed E-state index contributed by atoms with van der Waals surface area (Å²) in [5.74, 6) is -2.58. The van der Waals surface area contributed by atoms with Gasteiger partial charge in [0.1, 0.15) is 17.6 Å². The third kappa shape index (κ3) is 2.25. The molecule has 2 aliphatic carbocycles. The number of rotatable bonds is 5. The van der Waals surface area contributed by atoms with Crippen LogP contribution in [-0.2, 0) is 33.4 Å². The van der Waals surface area contributed by atoms with E-state index in [1.54, 1.807) is 0 Å². The van der Waals surface area contributed by atoms with Gasteiger partial charge in [-0.3, -0.25) is 9.59 Å². The molecule has 8 heteroatoms. The summed E-state index contributed by atoms with van der Waals surface area (Å²) in [7, 11) is 0. The third-order valence-electron chi connectivity index (χ3n) is 4.85. The van der Waals surface area contributed by atoms with Crippen molar-refractivity contribution in [1.29, 1.82) is 0 Å². The summed E-state index contributed by atoms with van der Waals surface area (Å²) in [6, 6.07) is 0. The maximum absolute atomic E-state index is 12.0. The zero-order chi connectivity index (χ0) is 16.9. The maximum atomic E-state index is 12.0. The number of esters is 3. The molecule has 0 aromatic rings. The van der Waals surface area contributed by atoms with Crippen LogP contribution >= 0.6 is 11.6 Å². The third-order valence-corrected chi connectivity index (χ3v) is 5.19. The fraction of sp³-hybridized carbons (Fsp3) is 0.600. The predicted octanol–water partition coefficient (Wildman–Crippen LogP) is 0.734. The zero-order valence-corrected chi connectivity index (χ0v) is 13.1. The van der Waals surface area contributed by atoms with Crippen LogP contribution in [0.1, 0.15) is 19.8 Å². The molecule has 2 saturated carbocycles. The lowest BCUT2D eigenvalue weighted by atomic mass is 9.74. The molecule has 1 aliphatic heterocycles. The zero-order valence-electron chi connectivity index (χ0n) is 12.4. The highest BCUT2D eigenvalue weighted by Gasteiger charge is 2.74. The molecule has 0 amide bonds. The highest BCUT2D eigenvalue weighted by atomic mass is 35.5. The second-order valence-corrected chi connectivity index (χ2v) is 6.58. The Labute approximate surface area is 136 Å². The summed E-state index contributed by atoms with van der Waals surface area (Å²) in [4.78, 5) is 46.8. The molecular weight excluding hydrogens is 328 g/mol. The first-order valence-electron chi connectivity index (χ1n) is 7.20. The molecule has 0 aromatic heterocycles. The summed E-state index contributed by atoms with van der Waals surface area (Å²) in [5.41, 5.74) is -1.11. The number of ether oxygens (including phenoxy) is 3. The lowest BCUT2D eigenvalue weighted by Crippen LogP contribution is -2.43. The van der Waals surface area contributed by atoms with E-state index in [2.05, 4.69) is 6.58 Å². The van der Waals surface area contributed by atoms with Crippen LogP contribution in [0.3, 0.4) is 0 Å². The average molecular weight is 343 g/mol. The van der Waals surface area contributed by atoms with Gasteiger partial charge < -0.3 is 14.2 Å². The Morgan fingerprint density at radius 3 is 2.74 bits per heavy atom. The van der Waals surface area contributed by atoms with Crippen molar-refractivity contribution in [2.75, 3.05) is 6.61 Å². The molecular formula is C15H15ClO7. The van der Waals surface area contributed by atoms with Crippen molar-refractivity contribution in [3.05, 3.63) is 12.2 Å². The van der Waals surface area contributed by atoms with Gasteiger partial charge in [-0.1, -0.05) is 6.58 Å².